The molecule has 0 aliphatic rings. The number of hydrogen-bond acceptors (Lipinski definition) is 3. The Hall–Kier alpha value is -1.98. The van der Waals surface area contributed by atoms with E-state index in [0.29, 0.717) is 32.1 Å². The fraction of sp³-hybridized carbons (Fsp3) is 0.0870. The third-order valence-electron chi connectivity index (χ3n) is 4.21. The van der Waals surface area contributed by atoms with Crippen molar-refractivity contribution in [3.05, 3.63) is 96.9 Å². The van der Waals surface area contributed by atoms with E-state index in [1.807, 2.05) is 18.2 Å². The van der Waals surface area contributed by atoms with Crippen LogP contribution in [0.4, 0.5) is 0 Å². The van der Waals surface area contributed by atoms with Crippen molar-refractivity contribution in [1.82, 2.24) is 0 Å². The number of allylic oxidation sites excluding steroid dienone is 1. The number of ketones is 1. The molecule has 0 radical (unpaired) electrons. The van der Waals surface area contributed by atoms with Gasteiger partial charge in [-0.25, -0.2) is 0 Å². The molecule has 0 atom stereocenters. The second-order valence-corrected chi connectivity index (χ2v) is 8.39. The zero-order valence-electron chi connectivity index (χ0n) is 15.8. The molecule has 0 fully saturated rings. The van der Waals surface area contributed by atoms with Gasteiger partial charge in [0.25, 0.3) is 0 Å². The number of ether oxygens (including phenoxy) is 2. The Kier molecular flexibility index (Phi) is 7.84. The SMILES string of the molecule is COc1ccc(/C=C/C(=O)c2ccc(Cl)cc2Cl)cc1COc1ccc(Cl)cc1Br. The summed E-state index contributed by atoms with van der Waals surface area (Å²) in [5.74, 6) is 1.13. The van der Waals surface area contributed by atoms with Gasteiger partial charge in [0, 0.05) is 21.2 Å². The van der Waals surface area contributed by atoms with Gasteiger partial charge in [0.1, 0.15) is 18.1 Å². The zero-order chi connectivity index (χ0) is 21.7. The molecule has 30 heavy (non-hydrogen) atoms. The molecule has 154 valence electrons. The molecule has 7 heteroatoms. The molecule has 0 saturated heterocycles. The van der Waals surface area contributed by atoms with Crippen LogP contribution in [0.25, 0.3) is 6.08 Å². The highest BCUT2D eigenvalue weighted by Crippen LogP contribution is 2.30. The molecule has 3 nitrogen and oxygen atoms in total. The lowest BCUT2D eigenvalue weighted by Gasteiger charge is -2.12. The standard InChI is InChI=1S/C23H16BrCl3O3/c1-29-22-8-3-14(2-7-21(28)18-6-4-17(26)12-20(18)27)10-15(22)13-30-23-9-5-16(25)11-19(23)24/h2-12H,13H2,1H3/b7-2+. The smallest absolute Gasteiger partial charge is 0.187 e. The fourth-order valence-corrected chi connectivity index (χ4v) is 4.01. The number of methoxy groups -OCH3 is 1. The number of carbonyl (C=O) groups excluding carboxylic acids is 1. The first-order valence-corrected chi connectivity index (χ1v) is 10.7. The van der Waals surface area contributed by atoms with Crippen LogP contribution >= 0.6 is 50.7 Å². The summed E-state index contributed by atoms with van der Waals surface area (Å²) in [6, 6.07) is 15.7. The molecule has 0 saturated carbocycles. The van der Waals surface area contributed by atoms with E-state index < -0.39 is 0 Å². The van der Waals surface area contributed by atoms with Crippen molar-refractivity contribution >= 4 is 62.6 Å². The summed E-state index contributed by atoms with van der Waals surface area (Å²) >= 11 is 21.4. The van der Waals surface area contributed by atoms with Crippen molar-refractivity contribution in [3.8, 4) is 11.5 Å². The molecule has 3 aromatic carbocycles. The zero-order valence-corrected chi connectivity index (χ0v) is 19.6. The summed E-state index contributed by atoms with van der Waals surface area (Å²) in [7, 11) is 1.60. The van der Waals surface area contributed by atoms with Gasteiger partial charge in [0.15, 0.2) is 5.78 Å². The van der Waals surface area contributed by atoms with Crippen LogP contribution in [0, 0.1) is 0 Å². The Morgan fingerprint density at radius 3 is 2.37 bits per heavy atom. The molecule has 0 heterocycles. The minimum absolute atomic E-state index is 0.213. The van der Waals surface area contributed by atoms with Crippen LogP contribution in [0.15, 0.2) is 65.1 Å². The number of benzene rings is 3. The van der Waals surface area contributed by atoms with Crippen LogP contribution in [0.2, 0.25) is 15.1 Å². The van der Waals surface area contributed by atoms with E-state index in [1.165, 1.54) is 6.08 Å². The van der Waals surface area contributed by atoms with E-state index in [9.17, 15) is 4.79 Å². The molecule has 0 aliphatic heterocycles. The topological polar surface area (TPSA) is 35.5 Å². The maximum atomic E-state index is 12.5. The van der Waals surface area contributed by atoms with Crippen molar-refractivity contribution in [3.63, 3.8) is 0 Å². The van der Waals surface area contributed by atoms with Gasteiger partial charge < -0.3 is 9.47 Å². The molecule has 0 N–H and O–H groups in total. The van der Waals surface area contributed by atoms with Gasteiger partial charge in [-0.05, 0) is 76.1 Å². The van der Waals surface area contributed by atoms with E-state index in [1.54, 1.807) is 49.6 Å². The fourth-order valence-electron chi connectivity index (χ4n) is 2.71. The first kappa shape index (κ1) is 22.7. The summed E-state index contributed by atoms with van der Waals surface area (Å²) in [4.78, 5) is 12.5. The molecule has 0 bridgehead atoms. The molecule has 0 aromatic heterocycles. The number of hydrogen-bond donors (Lipinski definition) is 0. The van der Waals surface area contributed by atoms with E-state index in [2.05, 4.69) is 15.9 Å². The molecular formula is C23H16BrCl3O3. The predicted molar refractivity (Wildman–Crippen MR) is 126 cm³/mol. The van der Waals surface area contributed by atoms with E-state index >= 15 is 0 Å². The Balaban J connectivity index is 1.78. The quantitative estimate of drug-likeness (QED) is 0.232. The summed E-state index contributed by atoms with van der Waals surface area (Å²) in [6.45, 7) is 0.280. The molecular weight excluding hydrogens is 511 g/mol. The number of carbonyl (C=O) groups is 1. The summed E-state index contributed by atoms with van der Waals surface area (Å²) in [5, 5.41) is 1.41. The van der Waals surface area contributed by atoms with Crippen molar-refractivity contribution in [2.75, 3.05) is 7.11 Å². The van der Waals surface area contributed by atoms with Gasteiger partial charge in [-0.3, -0.25) is 4.79 Å². The highest BCUT2D eigenvalue weighted by Gasteiger charge is 2.10. The molecule has 0 aliphatic carbocycles. The van der Waals surface area contributed by atoms with Gasteiger partial charge in [0.05, 0.1) is 16.6 Å². The van der Waals surface area contributed by atoms with E-state index in [-0.39, 0.29) is 12.4 Å². The first-order valence-electron chi connectivity index (χ1n) is 8.79. The Labute approximate surface area is 198 Å². The molecule has 0 amide bonds. The molecule has 0 unspecified atom stereocenters. The number of rotatable bonds is 7. The molecule has 3 rings (SSSR count). The molecule has 3 aromatic rings. The largest absolute Gasteiger partial charge is 0.496 e. The minimum Gasteiger partial charge on any atom is -0.496 e. The molecule has 0 spiro atoms. The third-order valence-corrected chi connectivity index (χ3v) is 5.61. The summed E-state index contributed by atoms with van der Waals surface area (Å²) in [5.41, 5.74) is 2.04. The predicted octanol–water partition coefficient (Wildman–Crippen LogP) is 7.89. The van der Waals surface area contributed by atoms with Crippen LogP contribution in [0.1, 0.15) is 21.5 Å². The van der Waals surface area contributed by atoms with E-state index in [4.69, 9.17) is 44.3 Å². The van der Waals surface area contributed by atoms with Gasteiger partial charge in [-0.15, -0.1) is 0 Å². The van der Waals surface area contributed by atoms with Gasteiger partial charge in [-0.1, -0.05) is 46.9 Å². The van der Waals surface area contributed by atoms with Crippen LogP contribution < -0.4 is 9.47 Å². The Bertz CT molecular complexity index is 1110. The number of halogens is 4. The van der Waals surface area contributed by atoms with Crippen LogP contribution in [-0.4, -0.2) is 12.9 Å². The van der Waals surface area contributed by atoms with Crippen LogP contribution in [-0.2, 0) is 6.61 Å². The lowest BCUT2D eigenvalue weighted by atomic mass is 10.1. The monoisotopic (exact) mass is 524 g/mol. The van der Waals surface area contributed by atoms with Crippen molar-refractivity contribution in [1.29, 1.82) is 0 Å². The second kappa shape index (κ2) is 10.4. The van der Waals surface area contributed by atoms with Crippen molar-refractivity contribution in [2.24, 2.45) is 0 Å². The first-order chi connectivity index (χ1) is 14.4. The maximum Gasteiger partial charge on any atom is 0.187 e. The second-order valence-electron chi connectivity index (χ2n) is 6.26. The average molecular weight is 527 g/mol. The van der Waals surface area contributed by atoms with Gasteiger partial charge >= 0.3 is 0 Å². The van der Waals surface area contributed by atoms with Crippen LogP contribution in [0.5, 0.6) is 11.5 Å². The van der Waals surface area contributed by atoms with Crippen LogP contribution in [0.3, 0.4) is 0 Å². The van der Waals surface area contributed by atoms with Gasteiger partial charge in [0.2, 0.25) is 0 Å². The third kappa shape index (κ3) is 5.79. The summed E-state index contributed by atoms with van der Waals surface area (Å²) in [6.07, 6.45) is 3.19. The van der Waals surface area contributed by atoms with Gasteiger partial charge in [-0.2, -0.15) is 0 Å². The maximum absolute atomic E-state index is 12.5. The lowest BCUT2D eigenvalue weighted by molar-refractivity contribution is 0.104. The van der Waals surface area contributed by atoms with E-state index in [0.717, 1.165) is 15.6 Å². The normalized spacial score (nSPS) is 11.0. The highest BCUT2D eigenvalue weighted by molar-refractivity contribution is 9.10. The van der Waals surface area contributed by atoms with Crippen molar-refractivity contribution < 1.29 is 14.3 Å². The Morgan fingerprint density at radius 1 is 0.967 bits per heavy atom. The average Bonchev–Trinajstić information content (AvgIpc) is 2.71. The van der Waals surface area contributed by atoms with Crippen molar-refractivity contribution in [2.45, 2.75) is 6.61 Å². The Morgan fingerprint density at radius 2 is 1.67 bits per heavy atom. The highest BCUT2D eigenvalue weighted by atomic mass is 79.9. The summed E-state index contributed by atoms with van der Waals surface area (Å²) < 4.78 is 12.1. The lowest BCUT2D eigenvalue weighted by Crippen LogP contribution is -2.00. The minimum atomic E-state index is -0.213.